The van der Waals surface area contributed by atoms with E-state index in [0.29, 0.717) is 31.1 Å². The number of benzene rings is 1. The Kier molecular flexibility index (Phi) is 4.78. The summed E-state index contributed by atoms with van der Waals surface area (Å²) in [6.07, 6.45) is 2.91. The number of rotatable bonds is 5. The van der Waals surface area contributed by atoms with Crippen molar-refractivity contribution in [2.75, 3.05) is 31.5 Å². The van der Waals surface area contributed by atoms with E-state index >= 15 is 0 Å². The predicted octanol–water partition coefficient (Wildman–Crippen LogP) is 0.971. The van der Waals surface area contributed by atoms with Gasteiger partial charge in [0.2, 0.25) is 5.91 Å². The Morgan fingerprint density at radius 3 is 2.72 bits per heavy atom. The molecule has 0 bridgehead atoms. The Labute approximate surface area is 144 Å². The van der Waals surface area contributed by atoms with Crippen LogP contribution in [0.2, 0.25) is 0 Å². The lowest BCUT2D eigenvalue weighted by Gasteiger charge is -2.32. The van der Waals surface area contributed by atoms with Crippen LogP contribution in [-0.2, 0) is 14.4 Å². The van der Waals surface area contributed by atoms with Crippen molar-refractivity contribution >= 4 is 23.4 Å². The summed E-state index contributed by atoms with van der Waals surface area (Å²) in [5.41, 5.74) is 1.35. The summed E-state index contributed by atoms with van der Waals surface area (Å²) >= 11 is 0. The number of carbonyl (C=O) groups is 3. The van der Waals surface area contributed by atoms with Crippen LogP contribution in [0.25, 0.3) is 11.3 Å². The van der Waals surface area contributed by atoms with Gasteiger partial charge in [-0.15, -0.1) is 0 Å². The molecule has 1 aliphatic rings. The van der Waals surface area contributed by atoms with Gasteiger partial charge in [-0.2, -0.15) is 0 Å². The maximum Gasteiger partial charge on any atom is 0.312 e. The SMILES string of the molecule is CCN1CCN(CC(=O)Nc2cccc(-c3cnco3)c2)C(=O)C1=O. The van der Waals surface area contributed by atoms with Crippen molar-refractivity contribution in [2.24, 2.45) is 0 Å². The zero-order valence-electron chi connectivity index (χ0n) is 13.8. The normalized spacial score (nSPS) is 14.8. The Hall–Kier alpha value is -3.16. The Bertz CT molecular complexity index is 788. The lowest BCUT2D eigenvalue weighted by atomic mass is 10.1. The number of hydrogen-bond acceptors (Lipinski definition) is 5. The zero-order chi connectivity index (χ0) is 17.8. The van der Waals surface area contributed by atoms with Crippen molar-refractivity contribution in [2.45, 2.75) is 6.92 Å². The Morgan fingerprint density at radius 2 is 2.00 bits per heavy atom. The Balaban J connectivity index is 1.63. The van der Waals surface area contributed by atoms with Crippen molar-refractivity contribution in [1.29, 1.82) is 0 Å². The molecule has 0 aliphatic carbocycles. The first-order valence-electron chi connectivity index (χ1n) is 7.95. The van der Waals surface area contributed by atoms with Crippen LogP contribution < -0.4 is 5.32 Å². The molecule has 1 fully saturated rings. The smallest absolute Gasteiger partial charge is 0.312 e. The quantitative estimate of drug-likeness (QED) is 0.817. The first kappa shape index (κ1) is 16.7. The number of amides is 3. The maximum atomic E-state index is 12.2. The molecule has 1 aliphatic heterocycles. The number of hydrogen-bond donors (Lipinski definition) is 1. The van der Waals surface area contributed by atoms with E-state index < -0.39 is 11.8 Å². The van der Waals surface area contributed by atoms with E-state index in [9.17, 15) is 14.4 Å². The van der Waals surface area contributed by atoms with Crippen molar-refractivity contribution in [3.05, 3.63) is 36.9 Å². The molecule has 0 radical (unpaired) electrons. The molecule has 8 heteroatoms. The molecule has 3 amide bonds. The third-order valence-electron chi connectivity index (χ3n) is 3.98. The number of aromatic nitrogens is 1. The number of oxazole rings is 1. The summed E-state index contributed by atoms with van der Waals surface area (Å²) in [7, 11) is 0. The maximum absolute atomic E-state index is 12.2. The average molecular weight is 342 g/mol. The van der Waals surface area contributed by atoms with Gasteiger partial charge in [0.05, 0.1) is 6.20 Å². The van der Waals surface area contributed by atoms with Crippen molar-refractivity contribution in [3.8, 4) is 11.3 Å². The van der Waals surface area contributed by atoms with Gasteiger partial charge in [-0.25, -0.2) is 4.98 Å². The fraction of sp³-hybridized carbons (Fsp3) is 0.294. The Morgan fingerprint density at radius 1 is 1.24 bits per heavy atom. The summed E-state index contributed by atoms with van der Waals surface area (Å²) in [6, 6.07) is 7.10. The number of carbonyl (C=O) groups excluding carboxylic acids is 3. The second-order valence-corrected chi connectivity index (χ2v) is 5.61. The van der Waals surface area contributed by atoms with E-state index in [-0.39, 0.29) is 12.5 Å². The van der Waals surface area contributed by atoms with Crippen LogP contribution in [0.5, 0.6) is 0 Å². The van der Waals surface area contributed by atoms with Crippen LogP contribution in [0.1, 0.15) is 6.92 Å². The molecule has 1 aromatic carbocycles. The lowest BCUT2D eigenvalue weighted by Crippen LogP contribution is -2.55. The van der Waals surface area contributed by atoms with Crippen LogP contribution in [-0.4, -0.2) is 58.7 Å². The van der Waals surface area contributed by atoms with Crippen molar-refractivity contribution < 1.29 is 18.8 Å². The van der Waals surface area contributed by atoms with E-state index in [1.54, 1.807) is 24.4 Å². The van der Waals surface area contributed by atoms with Crippen LogP contribution >= 0.6 is 0 Å². The lowest BCUT2D eigenvalue weighted by molar-refractivity contribution is -0.156. The molecule has 0 saturated carbocycles. The molecule has 2 heterocycles. The highest BCUT2D eigenvalue weighted by atomic mass is 16.3. The van der Waals surface area contributed by atoms with E-state index in [2.05, 4.69) is 10.3 Å². The highest BCUT2D eigenvalue weighted by Crippen LogP contribution is 2.22. The second kappa shape index (κ2) is 7.16. The van der Waals surface area contributed by atoms with Gasteiger partial charge in [0.1, 0.15) is 6.54 Å². The van der Waals surface area contributed by atoms with Gasteiger partial charge in [0.15, 0.2) is 12.2 Å². The number of likely N-dealkylation sites (N-methyl/N-ethyl adjacent to an activating group) is 1. The number of piperazine rings is 1. The molecule has 2 aromatic rings. The predicted molar refractivity (Wildman–Crippen MR) is 89.4 cm³/mol. The van der Waals surface area contributed by atoms with Gasteiger partial charge < -0.3 is 19.5 Å². The number of nitrogens with one attached hydrogen (secondary N) is 1. The molecule has 1 saturated heterocycles. The molecule has 1 aromatic heterocycles. The molecule has 0 unspecified atom stereocenters. The summed E-state index contributed by atoms with van der Waals surface area (Å²) in [6.45, 7) is 2.93. The minimum atomic E-state index is -0.640. The summed E-state index contributed by atoms with van der Waals surface area (Å²) in [4.78, 5) is 42.7. The molecule has 130 valence electrons. The molecular weight excluding hydrogens is 324 g/mol. The fourth-order valence-electron chi connectivity index (χ4n) is 2.65. The van der Waals surface area contributed by atoms with Crippen molar-refractivity contribution in [3.63, 3.8) is 0 Å². The molecule has 8 nitrogen and oxygen atoms in total. The minimum absolute atomic E-state index is 0.158. The van der Waals surface area contributed by atoms with Gasteiger partial charge in [-0.1, -0.05) is 12.1 Å². The molecule has 0 atom stereocenters. The highest BCUT2D eigenvalue weighted by Gasteiger charge is 2.32. The topological polar surface area (TPSA) is 95.8 Å². The third kappa shape index (κ3) is 3.68. The van der Waals surface area contributed by atoms with E-state index in [1.165, 1.54) is 16.2 Å². The van der Waals surface area contributed by atoms with Crippen LogP contribution in [0.4, 0.5) is 5.69 Å². The second-order valence-electron chi connectivity index (χ2n) is 5.61. The minimum Gasteiger partial charge on any atom is -0.444 e. The van der Waals surface area contributed by atoms with Gasteiger partial charge in [-0.05, 0) is 19.1 Å². The van der Waals surface area contributed by atoms with Gasteiger partial charge in [0.25, 0.3) is 0 Å². The molecule has 0 spiro atoms. The zero-order valence-corrected chi connectivity index (χ0v) is 13.8. The van der Waals surface area contributed by atoms with Crippen LogP contribution in [0, 0.1) is 0 Å². The molecular formula is C17H18N4O4. The molecule has 3 rings (SSSR count). The summed E-state index contributed by atoms with van der Waals surface area (Å²) < 4.78 is 5.23. The van der Waals surface area contributed by atoms with Gasteiger partial charge >= 0.3 is 11.8 Å². The molecule has 25 heavy (non-hydrogen) atoms. The standard InChI is InChI=1S/C17H18N4O4/c1-2-20-6-7-21(17(24)16(20)23)10-15(22)19-13-5-3-4-12(8-13)14-9-18-11-25-14/h3-5,8-9,11H,2,6-7,10H2,1H3,(H,19,22). The highest BCUT2D eigenvalue weighted by molar-refractivity contribution is 6.35. The number of anilines is 1. The van der Waals surface area contributed by atoms with Crippen LogP contribution in [0.15, 0.2) is 41.3 Å². The fourth-order valence-corrected chi connectivity index (χ4v) is 2.65. The van der Waals surface area contributed by atoms with E-state index in [1.807, 2.05) is 13.0 Å². The number of nitrogens with zero attached hydrogens (tertiary/aromatic N) is 3. The van der Waals surface area contributed by atoms with E-state index in [4.69, 9.17) is 4.42 Å². The first-order chi connectivity index (χ1) is 12.1. The molecule has 1 N–H and O–H groups in total. The third-order valence-corrected chi connectivity index (χ3v) is 3.98. The van der Waals surface area contributed by atoms with E-state index in [0.717, 1.165) is 5.56 Å². The summed E-state index contributed by atoms with van der Waals surface area (Å²) in [5, 5.41) is 2.73. The average Bonchev–Trinajstić information content (AvgIpc) is 3.14. The van der Waals surface area contributed by atoms with Crippen LogP contribution in [0.3, 0.4) is 0 Å². The first-order valence-corrected chi connectivity index (χ1v) is 7.95. The van der Waals surface area contributed by atoms with Gasteiger partial charge in [0, 0.05) is 30.9 Å². The van der Waals surface area contributed by atoms with Crippen molar-refractivity contribution in [1.82, 2.24) is 14.8 Å². The largest absolute Gasteiger partial charge is 0.444 e. The monoisotopic (exact) mass is 342 g/mol. The summed E-state index contributed by atoms with van der Waals surface area (Å²) in [5.74, 6) is -0.971. The van der Waals surface area contributed by atoms with Gasteiger partial charge in [-0.3, -0.25) is 14.4 Å².